The maximum atomic E-state index is 12.9. The molecule has 0 aromatic carbocycles. The Morgan fingerprint density at radius 1 is 1.42 bits per heavy atom. The van der Waals surface area contributed by atoms with Gasteiger partial charge in [-0.25, -0.2) is 14.3 Å². The van der Waals surface area contributed by atoms with E-state index in [4.69, 9.17) is 5.21 Å². The molecule has 0 aliphatic heterocycles. The van der Waals surface area contributed by atoms with Gasteiger partial charge in [0, 0.05) is 6.42 Å². The fourth-order valence-corrected chi connectivity index (χ4v) is 1.45. The maximum absolute atomic E-state index is 12.9. The molecular weight excluding hydrogens is 168 g/mol. The van der Waals surface area contributed by atoms with E-state index >= 15 is 0 Å². The second-order valence-corrected chi connectivity index (χ2v) is 3.01. The molecule has 0 spiro atoms. The zero-order valence-electron chi connectivity index (χ0n) is 6.46. The molecule has 3 atom stereocenters. The Kier molecular flexibility index (Phi) is 2.97. The van der Waals surface area contributed by atoms with Gasteiger partial charge in [-0.05, 0) is 12.8 Å². The molecule has 5 heteroatoms. The van der Waals surface area contributed by atoms with Gasteiger partial charge in [-0.2, -0.15) is 0 Å². The SMILES string of the molecule is O=C(NO)C1CCC(F)CC1F. The van der Waals surface area contributed by atoms with Gasteiger partial charge in [0.15, 0.2) is 0 Å². The lowest BCUT2D eigenvalue weighted by Gasteiger charge is -2.25. The van der Waals surface area contributed by atoms with E-state index < -0.39 is 24.2 Å². The first-order valence-electron chi connectivity index (χ1n) is 3.87. The lowest BCUT2D eigenvalue weighted by molar-refractivity contribution is -0.137. The average molecular weight is 179 g/mol. The van der Waals surface area contributed by atoms with E-state index in [0.717, 1.165) is 0 Å². The summed E-state index contributed by atoms with van der Waals surface area (Å²) in [6.45, 7) is 0. The molecule has 1 saturated carbocycles. The summed E-state index contributed by atoms with van der Waals surface area (Å²) in [5.41, 5.74) is 1.38. The molecule has 1 amide bonds. The van der Waals surface area contributed by atoms with E-state index in [1.807, 2.05) is 0 Å². The Labute approximate surface area is 68.7 Å². The van der Waals surface area contributed by atoms with Crippen LogP contribution in [0, 0.1) is 5.92 Å². The Morgan fingerprint density at radius 3 is 2.58 bits per heavy atom. The molecule has 0 saturated heterocycles. The molecule has 1 fully saturated rings. The number of carbonyl (C=O) groups is 1. The highest BCUT2D eigenvalue weighted by Gasteiger charge is 2.35. The van der Waals surface area contributed by atoms with E-state index in [2.05, 4.69) is 0 Å². The normalized spacial score (nSPS) is 36.1. The van der Waals surface area contributed by atoms with Crippen LogP contribution in [0.1, 0.15) is 19.3 Å². The number of nitrogens with one attached hydrogen (secondary N) is 1. The lowest BCUT2D eigenvalue weighted by atomic mass is 9.86. The van der Waals surface area contributed by atoms with E-state index in [-0.39, 0.29) is 19.3 Å². The van der Waals surface area contributed by atoms with Crippen LogP contribution in [-0.2, 0) is 4.79 Å². The Hall–Kier alpha value is -0.710. The van der Waals surface area contributed by atoms with Crippen LogP contribution in [-0.4, -0.2) is 23.5 Å². The first-order valence-corrected chi connectivity index (χ1v) is 3.87. The van der Waals surface area contributed by atoms with Gasteiger partial charge < -0.3 is 0 Å². The van der Waals surface area contributed by atoms with Crippen LogP contribution in [0.15, 0.2) is 0 Å². The van der Waals surface area contributed by atoms with Gasteiger partial charge in [0.25, 0.3) is 0 Å². The molecule has 0 heterocycles. The van der Waals surface area contributed by atoms with Gasteiger partial charge in [-0.3, -0.25) is 10.0 Å². The minimum absolute atomic E-state index is 0.161. The fraction of sp³-hybridized carbons (Fsp3) is 0.857. The molecule has 1 aliphatic rings. The highest BCUT2D eigenvalue weighted by molar-refractivity contribution is 5.78. The molecule has 1 aliphatic carbocycles. The smallest absolute Gasteiger partial charge is 0.249 e. The molecule has 0 aromatic rings. The standard InChI is InChI=1S/C7H11F2NO2/c8-4-1-2-5(6(9)3-4)7(11)10-12/h4-6,12H,1-3H2,(H,10,11). The first kappa shape index (κ1) is 9.38. The molecule has 3 nitrogen and oxygen atoms in total. The summed E-state index contributed by atoms with van der Waals surface area (Å²) in [4.78, 5) is 10.8. The summed E-state index contributed by atoms with van der Waals surface area (Å²) in [5.74, 6) is -1.64. The van der Waals surface area contributed by atoms with Crippen molar-refractivity contribution in [2.24, 2.45) is 5.92 Å². The third-order valence-electron chi connectivity index (χ3n) is 2.16. The predicted molar refractivity (Wildman–Crippen MR) is 37.1 cm³/mol. The van der Waals surface area contributed by atoms with Gasteiger partial charge in [0.1, 0.15) is 12.3 Å². The van der Waals surface area contributed by atoms with Gasteiger partial charge in [0.05, 0.1) is 5.92 Å². The summed E-state index contributed by atoms with van der Waals surface area (Å²) in [5, 5.41) is 8.21. The number of rotatable bonds is 1. The molecule has 1 rings (SSSR count). The highest BCUT2D eigenvalue weighted by Crippen LogP contribution is 2.28. The summed E-state index contributed by atoms with van der Waals surface area (Å²) in [6.07, 6.45) is -2.51. The van der Waals surface area contributed by atoms with Gasteiger partial charge >= 0.3 is 0 Å². The van der Waals surface area contributed by atoms with Crippen LogP contribution in [0.2, 0.25) is 0 Å². The molecule has 0 aromatic heterocycles. The highest BCUT2D eigenvalue weighted by atomic mass is 19.1. The van der Waals surface area contributed by atoms with E-state index in [1.165, 1.54) is 5.48 Å². The molecule has 2 N–H and O–H groups in total. The van der Waals surface area contributed by atoms with Crippen molar-refractivity contribution in [1.29, 1.82) is 0 Å². The van der Waals surface area contributed by atoms with Crippen molar-refractivity contribution < 1.29 is 18.8 Å². The van der Waals surface area contributed by atoms with E-state index in [1.54, 1.807) is 0 Å². The summed E-state index contributed by atoms with van der Waals surface area (Å²) < 4.78 is 25.5. The minimum atomic E-state index is -1.47. The van der Waals surface area contributed by atoms with Crippen LogP contribution in [0.4, 0.5) is 8.78 Å². The fourth-order valence-electron chi connectivity index (χ4n) is 1.45. The lowest BCUT2D eigenvalue weighted by Crippen LogP contribution is -2.38. The quantitative estimate of drug-likeness (QED) is 0.465. The third-order valence-corrected chi connectivity index (χ3v) is 2.16. The van der Waals surface area contributed by atoms with Gasteiger partial charge in [-0.15, -0.1) is 0 Å². The molecule has 0 bridgehead atoms. The summed E-state index contributed by atoms with van der Waals surface area (Å²) in [7, 11) is 0. The van der Waals surface area contributed by atoms with Crippen molar-refractivity contribution in [3.05, 3.63) is 0 Å². The van der Waals surface area contributed by atoms with Crippen molar-refractivity contribution >= 4 is 5.91 Å². The molecule has 12 heavy (non-hydrogen) atoms. The largest absolute Gasteiger partial charge is 0.289 e. The second-order valence-electron chi connectivity index (χ2n) is 3.01. The van der Waals surface area contributed by atoms with Crippen LogP contribution in [0.5, 0.6) is 0 Å². The molecule has 3 unspecified atom stereocenters. The number of halogens is 2. The monoisotopic (exact) mass is 179 g/mol. The number of carbonyl (C=O) groups excluding carboxylic acids is 1. The second kappa shape index (κ2) is 3.80. The van der Waals surface area contributed by atoms with Crippen LogP contribution >= 0.6 is 0 Å². The first-order chi connectivity index (χ1) is 5.65. The van der Waals surface area contributed by atoms with Crippen LogP contribution in [0.25, 0.3) is 0 Å². The number of alkyl halides is 2. The molecule has 70 valence electrons. The van der Waals surface area contributed by atoms with Crippen LogP contribution in [0.3, 0.4) is 0 Å². The number of hydrogen-bond acceptors (Lipinski definition) is 2. The molecule has 0 radical (unpaired) electrons. The Balaban J connectivity index is 2.50. The van der Waals surface area contributed by atoms with Crippen LogP contribution < -0.4 is 5.48 Å². The van der Waals surface area contributed by atoms with Crippen molar-refractivity contribution in [2.45, 2.75) is 31.6 Å². The Bertz CT molecular complexity index is 177. The average Bonchev–Trinajstić information content (AvgIpc) is 2.03. The number of hydrogen-bond donors (Lipinski definition) is 2. The predicted octanol–water partition coefficient (Wildman–Crippen LogP) is 0.968. The maximum Gasteiger partial charge on any atom is 0.249 e. The van der Waals surface area contributed by atoms with Gasteiger partial charge in [-0.1, -0.05) is 0 Å². The number of amides is 1. The summed E-state index contributed by atoms with van der Waals surface area (Å²) >= 11 is 0. The van der Waals surface area contributed by atoms with E-state index in [9.17, 15) is 13.6 Å². The zero-order valence-corrected chi connectivity index (χ0v) is 6.46. The van der Waals surface area contributed by atoms with E-state index in [0.29, 0.717) is 0 Å². The summed E-state index contributed by atoms with van der Waals surface area (Å²) in [6, 6.07) is 0. The minimum Gasteiger partial charge on any atom is -0.289 e. The molecular formula is C7H11F2NO2. The van der Waals surface area contributed by atoms with Crippen molar-refractivity contribution in [1.82, 2.24) is 5.48 Å². The van der Waals surface area contributed by atoms with Crippen molar-refractivity contribution in [2.75, 3.05) is 0 Å². The number of hydroxylamine groups is 1. The Morgan fingerprint density at radius 2 is 2.08 bits per heavy atom. The van der Waals surface area contributed by atoms with Crippen molar-refractivity contribution in [3.8, 4) is 0 Å². The van der Waals surface area contributed by atoms with Crippen molar-refractivity contribution in [3.63, 3.8) is 0 Å². The third kappa shape index (κ3) is 1.91. The topological polar surface area (TPSA) is 49.3 Å². The zero-order chi connectivity index (χ0) is 9.14. The van der Waals surface area contributed by atoms with Gasteiger partial charge in [0.2, 0.25) is 5.91 Å².